The number of carbonyl (C=O) groups is 2. The molecule has 0 aliphatic rings. The molecule has 0 fully saturated rings. The third kappa shape index (κ3) is 4.81. The Kier molecular flexibility index (Phi) is 5.64. The number of carbonyl (C=O) groups excluding carboxylic acids is 2. The van der Waals surface area contributed by atoms with Crippen molar-refractivity contribution in [1.29, 1.82) is 0 Å². The molecular weight excluding hydrogens is 347 g/mol. The monoisotopic (exact) mass is 365 g/mol. The molecule has 0 unspecified atom stereocenters. The first-order valence-electron chi connectivity index (χ1n) is 7.85. The van der Waals surface area contributed by atoms with Gasteiger partial charge in [0.1, 0.15) is 5.69 Å². The summed E-state index contributed by atoms with van der Waals surface area (Å²) >= 11 is 0. The number of benzene rings is 1. The molecule has 0 atom stereocenters. The highest BCUT2D eigenvalue weighted by atomic mass is 19.4. The van der Waals surface area contributed by atoms with Crippen LogP contribution >= 0.6 is 0 Å². The molecule has 0 aliphatic carbocycles. The lowest BCUT2D eigenvalue weighted by Gasteiger charge is -2.11. The van der Waals surface area contributed by atoms with Gasteiger partial charge < -0.3 is 10.6 Å². The number of alkyl halides is 3. The van der Waals surface area contributed by atoms with Crippen LogP contribution in [0.25, 0.3) is 0 Å². The zero-order valence-electron chi connectivity index (χ0n) is 14.4. The van der Waals surface area contributed by atoms with E-state index in [2.05, 4.69) is 15.6 Å². The van der Waals surface area contributed by atoms with Gasteiger partial charge in [0, 0.05) is 17.3 Å². The molecule has 2 rings (SSSR count). The van der Waals surface area contributed by atoms with E-state index < -0.39 is 17.8 Å². The van der Waals surface area contributed by atoms with E-state index in [4.69, 9.17) is 0 Å². The number of amides is 2. The molecule has 0 saturated carbocycles. The molecule has 0 saturated heterocycles. The van der Waals surface area contributed by atoms with Gasteiger partial charge in [0.15, 0.2) is 0 Å². The maximum Gasteiger partial charge on any atom is 0.433 e. The number of aromatic nitrogens is 1. The largest absolute Gasteiger partial charge is 0.433 e. The Hall–Kier alpha value is -2.90. The Labute approximate surface area is 148 Å². The van der Waals surface area contributed by atoms with Gasteiger partial charge >= 0.3 is 6.18 Å². The van der Waals surface area contributed by atoms with Crippen LogP contribution in [0.2, 0.25) is 0 Å². The van der Waals surface area contributed by atoms with Crippen LogP contribution in [0, 0.1) is 12.8 Å². The molecule has 8 heteroatoms. The average molecular weight is 365 g/mol. The van der Waals surface area contributed by atoms with Crippen molar-refractivity contribution in [3.8, 4) is 0 Å². The maximum absolute atomic E-state index is 12.6. The zero-order valence-corrected chi connectivity index (χ0v) is 14.4. The lowest BCUT2D eigenvalue weighted by atomic mass is 10.1. The van der Waals surface area contributed by atoms with E-state index in [0.717, 1.165) is 12.1 Å². The summed E-state index contributed by atoms with van der Waals surface area (Å²) in [6.07, 6.45) is -4.56. The molecule has 2 aromatic rings. The van der Waals surface area contributed by atoms with Gasteiger partial charge in [0.2, 0.25) is 5.91 Å². The van der Waals surface area contributed by atoms with E-state index in [1.807, 2.05) is 0 Å². The van der Waals surface area contributed by atoms with Crippen LogP contribution in [-0.4, -0.2) is 16.8 Å². The minimum absolute atomic E-state index is 0.0156. The van der Waals surface area contributed by atoms with Crippen LogP contribution < -0.4 is 10.6 Å². The Bertz CT molecular complexity index is 815. The molecule has 2 N–H and O–H groups in total. The van der Waals surface area contributed by atoms with Crippen molar-refractivity contribution in [2.75, 3.05) is 10.6 Å². The van der Waals surface area contributed by atoms with E-state index in [-0.39, 0.29) is 23.1 Å². The van der Waals surface area contributed by atoms with Crippen molar-refractivity contribution in [3.63, 3.8) is 0 Å². The van der Waals surface area contributed by atoms with Crippen molar-refractivity contribution in [2.45, 2.75) is 26.9 Å². The fourth-order valence-corrected chi connectivity index (χ4v) is 2.08. The molecule has 2 amide bonds. The average Bonchev–Trinajstić information content (AvgIpc) is 2.55. The number of pyridine rings is 1. The van der Waals surface area contributed by atoms with Gasteiger partial charge in [0.05, 0.1) is 11.3 Å². The van der Waals surface area contributed by atoms with E-state index in [9.17, 15) is 22.8 Å². The summed E-state index contributed by atoms with van der Waals surface area (Å²) in [6, 6.07) is 8.27. The summed E-state index contributed by atoms with van der Waals surface area (Å²) in [6.45, 7) is 4.88. The van der Waals surface area contributed by atoms with Gasteiger partial charge in [-0.25, -0.2) is 4.98 Å². The lowest BCUT2D eigenvalue weighted by Crippen LogP contribution is -2.18. The van der Waals surface area contributed by atoms with E-state index in [1.54, 1.807) is 38.1 Å². The Balaban J connectivity index is 2.09. The molecule has 1 aromatic heterocycles. The second-order valence-electron chi connectivity index (χ2n) is 6.00. The number of anilines is 2. The molecule has 5 nitrogen and oxygen atoms in total. The van der Waals surface area contributed by atoms with Crippen molar-refractivity contribution in [1.82, 2.24) is 4.98 Å². The number of nitrogens with zero attached hydrogens (tertiary/aromatic N) is 1. The molecule has 0 radical (unpaired) electrons. The predicted octanol–water partition coefficient (Wildman–Crippen LogP) is 4.26. The molecule has 1 aromatic carbocycles. The summed E-state index contributed by atoms with van der Waals surface area (Å²) in [5, 5.41) is 5.30. The number of nitrogens with one attached hydrogen (secondary N) is 2. The first-order chi connectivity index (χ1) is 12.1. The first kappa shape index (κ1) is 19.4. The Morgan fingerprint density at radius 3 is 1.96 bits per heavy atom. The van der Waals surface area contributed by atoms with E-state index >= 15 is 0 Å². The molecule has 26 heavy (non-hydrogen) atoms. The second-order valence-corrected chi connectivity index (χ2v) is 6.00. The van der Waals surface area contributed by atoms with E-state index in [1.165, 1.54) is 6.92 Å². The number of hydrogen-bond donors (Lipinski definition) is 2. The zero-order chi connectivity index (χ0) is 19.5. The number of halogens is 3. The van der Waals surface area contributed by atoms with Crippen LogP contribution in [0.5, 0.6) is 0 Å². The Morgan fingerprint density at radius 2 is 1.50 bits per heavy atom. The SMILES string of the molecule is Cc1nc(C(F)(F)F)ccc1C(=O)Nc1ccc(NC(=O)C(C)C)cc1. The number of aryl methyl sites for hydroxylation is 1. The number of hydrogen-bond acceptors (Lipinski definition) is 3. The minimum atomic E-state index is -4.56. The van der Waals surface area contributed by atoms with Crippen molar-refractivity contribution in [3.05, 3.63) is 53.3 Å². The molecule has 138 valence electrons. The van der Waals surface area contributed by atoms with Gasteiger partial charge in [0.25, 0.3) is 5.91 Å². The van der Waals surface area contributed by atoms with Gasteiger partial charge in [-0.2, -0.15) is 13.2 Å². The quantitative estimate of drug-likeness (QED) is 0.851. The number of rotatable bonds is 4. The van der Waals surface area contributed by atoms with Crippen LogP contribution in [0.4, 0.5) is 24.5 Å². The standard InChI is InChI=1S/C18H18F3N3O2/c1-10(2)16(25)23-12-4-6-13(7-5-12)24-17(26)14-8-9-15(18(19,20)21)22-11(14)3/h4-10H,1-3H3,(H,23,25)(H,24,26). The highest BCUT2D eigenvalue weighted by Gasteiger charge is 2.33. The predicted molar refractivity (Wildman–Crippen MR) is 91.8 cm³/mol. The topological polar surface area (TPSA) is 71.1 Å². The third-order valence-corrected chi connectivity index (χ3v) is 3.56. The lowest BCUT2D eigenvalue weighted by molar-refractivity contribution is -0.141. The molecule has 0 spiro atoms. The summed E-state index contributed by atoms with van der Waals surface area (Å²) < 4.78 is 37.9. The van der Waals surface area contributed by atoms with Crippen LogP contribution in [-0.2, 0) is 11.0 Å². The van der Waals surface area contributed by atoms with Crippen molar-refractivity contribution >= 4 is 23.2 Å². The Morgan fingerprint density at radius 1 is 0.962 bits per heavy atom. The van der Waals surface area contributed by atoms with Crippen molar-refractivity contribution < 1.29 is 22.8 Å². The molecule has 1 heterocycles. The van der Waals surface area contributed by atoms with Gasteiger partial charge in [-0.15, -0.1) is 0 Å². The van der Waals surface area contributed by atoms with Crippen molar-refractivity contribution in [2.24, 2.45) is 5.92 Å². The summed E-state index contributed by atoms with van der Waals surface area (Å²) in [4.78, 5) is 27.3. The molecule has 0 bridgehead atoms. The summed E-state index contributed by atoms with van der Waals surface area (Å²) in [5.74, 6) is -0.861. The van der Waals surface area contributed by atoms with Crippen LogP contribution in [0.15, 0.2) is 36.4 Å². The smallest absolute Gasteiger partial charge is 0.326 e. The van der Waals surface area contributed by atoms with E-state index in [0.29, 0.717) is 11.4 Å². The highest BCUT2D eigenvalue weighted by Crippen LogP contribution is 2.28. The van der Waals surface area contributed by atoms with Crippen LogP contribution in [0.1, 0.15) is 35.6 Å². The third-order valence-electron chi connectivity index (χ3n) is 3.56. The summed E-state index contributed by atoms with van der Waals surface area (Å²) in [5.41, 5.74) is 0.0102. The summed E-state index contributed by atoms with van der Waals surface area (Å²) in [7, 11) is 0. The normalized spacial score (nSPS) is 11.3. The van der Waals surface area contributed by atoms with Gasteiger partial charge in [-0.3, -0.25) is 9.59 Å². The van der Waals surface area contributed by atoms with Crippen LogP contribution in [0.3, 0.4) is 0 Å². The molecule has 0 aliphatic heterocycles. The second kappa shape index (κ2) is 7.55. The van der Waals surface area contributed by atoms with Gasteiger partial charge in [-0.05, 0) is 43.3 Å². The maximum atomic E-state index is 12.6. The van der Waals surface area contributed by atoms with Gasteiger partial charge in [-0.1, -0.05) is 13.8 Å². The highest BCUT2D eigenvalue weighted by molar-refractivity contribution is 6.05. The minimum Gasteiger partial charge on any atom is -0.326 e. The molecular formula is C18H18F3N3O2. The fourth-order valence-electron chi connectivity index (χ4n) is 2.08. The first-order valence-corrected chi connectivity index (χ1v) is 7.85. The fraction of sp³-hybridized carbons (Fsp3) is 0.278.